The number of hydrogen-bond acceptors (Lipinski definition) is 6. The van der Waals surface area contributed by atoms with Crippen molar-refractivity contribution >= 4 is 12.0 Å². The number of carbonyl (C=O) groups is 2. The van der Waals surface area contributed by atoms with Crippen molar-refractivity contribution in [2.45, 2.75) is 89.3 Å². The van der Waals surface area contributed by atoms with Crippen LogP contribution in [0, 0.1) is 34.5 Å². The van der Waals surface area contributed by atoms with Crippen molar-refractivity contribution in [3.05, 3.63) is 11.6 Å². The van der Waals surface area contributed by atoms with Gasteiger partial charge in [0, 0.05) is 50.3 Å². The standard InChI is InChI=1S/C30H47N3O5/c1-28-9-6-22(32(3)27(36)33-13-12-31-21(16-33)17-34)15-20(28)4-5-25-24(28)7-10-29(2)23(8-11-30(25,29)37)19-14-26(35)38-18-19/h14,20-25,31,34,37H,4-13,15-18H2,1-3H3/t20-,21+,22+,23-,24+,25-,28+,29-,30+/m1/s1. The highest BCUT2D eigenvalue weighted by atomic mass is 16.5. The fraction of sp³-hybridized carbons (Fsp3) is 0.867. The number of cyclic esters (lactones) is 1. The average Bonchev–Trinajstić information content (AvgIpc) is 3.47. The van der Waals surface area contributed by atoms with Crippen LogP contribution in [0.5, 0.6) is 0 Å². The summed E-state index contributed by atoms with van der Waals surface area (Å²) < 4.78 is 5.27. The smallest absolute Gasteiger partial charge is 0.331 e. The summed E-state index contributed by atoms with van der Waals surface area (Å²) in [4.78, 5) is 29.1. The molecule has 4 saturated carbocycles. The number of amides is 2. The first-order valence-electron chi connectivity index (χ1n) is 15.1. The number of carbonyl (C=O) groups excluding carboxylic acids is 2. The molecule has 2 heterocycles. The Bertz CT molecular complexity index is 1000. The van der Waals surface area contributed by atoms with Crippen LogP contribution in [0.1, 0.15) is 71.6 Å². The first-order chi connectivity index (χ1) is 18.1. The molecule has 8 nitrogen and oxygen atoms in total. The van der Waals surface area contributed by atoms with Gasteiger partial charge in [0.2, 0.25) is 0 Å². The lowest BCUT2D eigenvalue weighted by Crippen LogP contribution is -2.63. The molecule has 2 amide bonds. The predicted octanol–water partition coefficient (Wildman–Crippen LogP) is 2.93. The second kappa shape index (κ2) is 9.48. The Morgan fingerprint density at radius 3 is 2.71 bits per heavy atom. The number of piperazine rings is 1. The summed E-state index contributed by atoms with van der Waals surface area (Å²) in [5, 5.41) is 25.3. The predicted molar refractivity (Wildman–Crippen MR) is 143 cm³/mol. The molecule has 0 bridgehead atoms. The maximum Gasteiger partial charge on any atom is 0.331 e. The molecule has 6 rings (SSSR count). The van der Waals surface area contributed by atoms with Gasteiger partial charge in [0.1, 0.15) is 6.61 Å². The summed E-state index contributed by atoms with van der Waals surface area (Å²) in [5.74, 6) is 1.38. The van der Waals surface area contributed by atoms with Gasteiger partial charge in [-0.25, -0.2) is 9.59 Å². The first kappa shape index (κ1) is 26.6. The number of rotatable bonds is 3. The minimum absolute atomic E-state index is 0.0398. The summed E-state index contributed by atoms with van der Waals surface area (Å²) in [7, 11) is 1.97. The Labute approximate surface area is 227 Å². The summed E-state index contributed by atoms with van der Waals surface area (Å²) in [6.07, 6.45) is 10.9. The fourth-order valence-corrected chi connectivity index (χ4v) is 10.2. The third kappa shape index (κ3) is 3.87. The van der Waals surface area contributed by atoms with Crippen molar-refractivity contribution in [2.24, 2.45) is 34.5 Å². The van der Waals surface area contributed by atoms with E-state index in [0.29, 0.717) is 37.5 Å². The van der Waals surface area contributed by atoms with Gasteiger partial charge in [-0.05, 0) is 92.4 Å². The largest absolute Gasteiger partial charge is 0.458 e. The maximum atomic E-state index is 13.4. The normalized spacial score (nSPS) is 46.5. The highest BCUT2D eigenvalue weighted by molar-refractivity contribution is 5.85. The van der Waals surface area contributed by atoms with Crippen LogP contribution < -0.4 is 5.32 Å². The molecule has 0 aromatic rings. The number of nitrogens with one attached hydrogen (secondary N) is 1. The van der Waals surface area contributed by atoms with E-state index in [1.165, 1.54) is 0 Å². The summed E-state index contributed by atoms with van der Waals surface area (Å²) in [5.41, 5.74) is 0.406. The molecular weight excluding hydrogens is 482 g/mol. The molecule has 9 atom stereocenters. The molecule has 212 valence electrons. The Balaban J connectivity index is 1.16. The number of fused-ring (bicyclic) bond motifs is 5. The third-order valence-corrected chi connectivity index (χ3v) is 12.6. The fourth-order valence-electron chi connectivity index (χ4n) is 10.2. The highest BCUT2D eigenvalue weighted by Crippen LogP contribution is 2.70. The quantitative estimate of drug-likeness (QED) is 0.486. The number of ether oxygens (including phenoxy) is 1. The monoisotopic (exact) mass is 529 g/mol. The van der Waals surface area contributed by atoms with Crippen LogP contribution in [-0.2, 0) is 9.53 Å². The molecule has 0 spiro atoms. The Kier molecular flexibility index (Phi) is 6.63. The molecule has 0 radical (unpaired) electrons. The Morgan fingerprint density at radius 2 is 1.97 bits per heavy atom. The summed E-state index contributed by atoms with van der Waals surface area (Å²) >= 11 is 0. The molecule has 4 aliphatic carbocycles. The van der Waals surface area contributed by atoms with E-state index in [1.54, 1.807) is 6.08 Å². The number of esters is 1. The zero-order valence-corrected chi connectivity index (χ0v) is 23.5. The van der Waals surface area contributed by atoms with E-state index in [2.05, 4.69) is 19.2 Å². The van der Waals surface area contributed by atoms with Gasteiger partial charge >= 0.3 is 12.0 Å². The van der Waals surface area contributed by atoms with E-state index >= 15 is 0 Å². The lowest BCUT2D eigenvalue weighted by atomic mass is 9.43. The molecular formula is C30H47N3O5. The first-order valence-corrected chi connectivity index (χ1v) is 15.1. The third-order valence-electron chi connectivity index (χ3n) is 12.6. The van der Waals surface area contributed by atoms with E-state index in [9.17, 15) is 19.8 Å². The molecule has 0 aromatic heterocycles. The second-order valence-electron chi connectivity index (χ2n) is 13.9. The topological polar surface area (TPSA) is 102 Å². The molecule has 38 heavy (non-hydrogen) atoms. The number of nitrogens with zero attached hydrogens (tertiary/aromatic N) is 2. The molecule has 8 heteroatoms. The lowest BCUT2D eigenvalue weighted by molar-refractivity contribution is -0.206. The van der Waals surface area contributed by atoms with Gasteiger partial charge in [-0.3, -0.25) is 0 Å². The van der Waals surface area contributed by atoms with Crippen molar-refractivity contribution < 1.29 is 24.5 Å². The van der Waals surface area contributed by atoms with E-state index < -0.39 is 5.60 Å². The van der Waals surface area contributed by atoms with E-state index in [4.69, 9.17) is 4.74 Å². The molecule has 0 unspecified atom stereocenters. The zero-order chi connectivity index (χ0) is 26.9. The molecule has 2 aliphatic heterocycles. The SMILES string of the molecule is CN(C(=O)N1CCN[C@H](CO)C1)[C@H]1CC[C@@]2(C)[C@H](CC[C@@H]3[C@@H]2CC[C@]2(C)[C@@H](C4=CC(=O)OC4)CC[C@]32O)C1. The van der Waals surface area contributed by atoms with E-state index in [-0.39, 0.29) is 47.4 Å². The molecule has 5 fully saturated rings. The van der Waals surface area contributed by atoms with Gasteiger partial charge in [-0.2, -0.15) is 0 Å². The maximum absolute atomic E-state index is 13.4. The summed E-state index contributed by atoms with van der Waals surface area (Å²) in [6.45, 7) is 7.19. The van der Waals surface area contributed by atoms with Crippen LogP contribution in [0.2, 0.25) is 0 Å². The highest BCUT2D eigenvalue weighted by Gasteiger charge is 2.67. The molecule has 1 saturated heterocycles. The van der Waals surface area contributed by atoms with Crippen molar-refractivity contribution in [3.8, 4) is 0 Å². The zero-order valence-electron chi connectivity index (χ0n) is 23.5. The van der Waals surface area contributed by atoms with Gasteiger partial charge in [0.05, 0.1) is 12.2 Å². The van der Waals surface area contributed by atoms with Crippen LogP contribution in [0.15, 0.2) is 11.6 Å². The van der Waals surface area contributed by atoms with Crippen molar-refractivity contribution in [2.75, 3.05) is 39.9 Å². The van der Waals surface area contributed by atoms with Crippen molar-refractivity contribution in [1.82, 2.24) is 15.1 Å². The minimum Gasteiger partial charge on any atom is -0.458 e. The van der Waals surface area contributed by atoms with Crippen LogP contribution in [0.3, 0.4) is 0 Å². The number of hydrogen-bond donors (Lipinski definition) is 3. The van der Waals surface area contributed by atoms with Gasteiger partial charge in [0.25, 0.3) is 0 Å². The Hall–Kier alpha value is -1.64. The second-order valence-corrected chi connectivity index (χ2v) is 13.9. The number of urea groups is 1. The van der Waals surface area contributed by atoms with Crippen molar-refractivity contribution in [3.63, 3.8) is 0 Å². The van der Waals surface area contributed by atoms with Crippen LogP contribution in [0.25, 0.3) is 0 Å². The molecule has 6 aliphatic rings. The van der Waals surface area contributed by atoms with Gasteiger partial charge in [0.15, 0.2) is 0 Å². The number of aliphatic hydroxyl groups is 2. The van der Waals surface area contributed by atoms with Gasteiger partial charge in [-0.15, -0.1) is 0 Å². The lowest BCUT2D eigenvalue weighted by Gasteiger charge is -2.64. The van der Waals surface area contributed by atoms with E-state index in [1.807, 2.05) is 16.8 Å². The van der Waals surface area contributed by atoms with Gasteiger partial charge < -0.3 is 30.1 Å². The van der Waals surface area contributed by atoms with Crippen LogP contribution in [0.4, 0.5) is 4.79 Å². The molecule has 3 N–H and O–H groups in total. The van der Waals surface area contributed by atoms with Crippen molar-refractivity contribution in [1.29, 1.82) is 0 Å². The average molecular weight is 530 g/mol. The summed E-state index contributed by atoms with van der Waals surface area (Å²) in [6, 6.07) is 0.303. The number of aliphatic hydroxyl groups excluding tert-OH is 1. The Morgan fingerprint density at radius 1 is 1.16 bits per heavy atom. The van der Waals surface area contributed by atoms with Crippen LogP contribution in [-0.4, -0.2) is 89.6 Å². The molecule has 0 aromatic carbocycles. The van der Waals surface area contributed by atoms with Crippen LogP contribution >= 0.6 is 0 Å². The van der Waals surface area contributed by atoms with Gasteiger partial charge in [-0.1, -0.05) is 13.8 Å². The minimum atomic E-state index is -0.684. The van der Waals surface area contributed by atoms with E-state index in [0.717, 1.165) is 69.9 Å².